The summed E-state index contributed by atoms with van der Waals surface area (Å²) in [5, 5.41) is 2.74. The molecule has 0 bridgehead atoms. The van der Waals surface area contributed by atoms with Crippen molar-refractivity contribution in [1.82, 2.24) is 4.57 Å². The molecule has 28 heavy (non-hydrogen) atoms. The number of aromatic nitrogens is 1. The Labute approximate surface area is 167 Å². The summed E-state index contributed by atoms with van der Waals surface area (Å²) >= 11 is 0. The van der Waals surface area contributed by atoms with Crippen molar-refractivity contribution in [3.63, 3.8) is 0 Å². The molecule has 0 N–H and O–H groups in total. The first kappa shape index (κ1) is 17.4. The monoisotopic (exact) mass is 368 g/mol. The molecule has 4 aromatic rings. The number of para-hydroxylation sites is 2. The molecule has 0 saturated heterocycles. The van der Waals surface area contributed by atoms with Crippen LogP contribution in [0.1, 0.15) is 30.9 Å². The van der Waals surface area contributed by atoms with E-state index in [0.29, 0.717) is 0 Å². The van der Waals surface area contributed by atoms with Gasteiger partial charge in [-0.05, 0) is 67.0 Å². The number of hydrogen-bond donors (Lipinski definition) is 0. The summed E-state index contributed by atoms with van der Waals surface area (Å²) in [6, 6.07) is 22.6. The van der Waals surface area contributed by atoms with Crippen molar-refractivity contribution in [2.24, 2.45) is 13.0 Å². The second-order valence-electron chi connectivity index (χ2n) is 8.44. The van der Waals surface area contributed by atoms with Gasteiger partial charge in [0.15, 0.2) is 0 Å². The molecule has 3 aromatic carbocycles. The van der Waals surface area contributed by atoms with Gasteiger partial charge in [-0.3, -0.25) is 0 Å². The van der Waals surface area contributed by atoms with Crippen LogP contribution >= 0.6 is 0 Å². The number of anilines is 2. The van der Waals surface area contributed by atoms with Gasteiger partial charge < -0.3 is 9.47 Å². The zero-order valence-corrected chi connectivity index (χ0v) is 17.1. The molecule has 2 heteroatoms. The maximum Gasteiger partial charge on any atom is 0.0509 e. The fraction of sp³-hybridized carbons (Fsp3) is 0.308. The average molecular weight is 369 g/mol. The summed E-state index contributed by atoms with van der Waals surface area (Å²) < 4.78 is 2.34. The molecule has 0 amide bonds. The molecule has 0 spiro atoms. The fourth-order valence-electron chi connectivity index (χ4n) is 4.88. The van der Waals surface area contributed by atoms with Crippen LogP contribution in [0, 0.1) is 5.92 Å². The van der Waals surface area contributed by atoms with E-state index in [0.717, 1.165) is 18.8 Å². The number of hydrogen-bond acceptors (Lipinski definition) is 1. The van der Waals surface area contributed by atoms with Crippen molar-refractivity contribution < 1.29 is 0 Å². The summed E-state index contributed by atoms with van der Waals surface area (Å²) in [6.45, 7) is 2.41. The number of aryl methyl sites for hydroxylation is 3. The molecule has 2 heterocycles. The summed E-state index contributed by atoms with van der Waals surface area (Å²) in [7, 11) is 4.42. The van der Waals surface area contributed by atoms with Gasteiger partial charge in [-0.25, -0.2) is 0 Å². The van der Waals surface area contributed by atoms with Crippen LogP contribution in [0.4, 0.5) is 11.4 Å². The third kappa shape index (κ3) is 2.71. The van der Waals surface area contributed by atoms with Gasteiger partial charge in [0, 0.05) is 41.8 Å². The molecule has 0 radical (unpaired) electrons. The zero-order chi connectivity index (χ0) is 19.3. The van der Waals surface area contributed by atoms with Crippen molar-refractivity contribution in [2.45, 2.75) is 32.6 Å². The van der Waals surface area contributed by atoms with Gasteiger partial charge in [-0.2, -0.15) is 0 Å². The maximum atomic E-state index is 2.46. The molecule has 1 aliphatic rings. The van der Waals surface area contributed by atoms with E-state index in [4.69, 9.17) is 0 Å². The number of rotatable bonds is 0. The van der Waals surface area contributed by atoms with Crippen LogP contribution in [0.15, 0.2) is 60.7 Å². The lowest BCUT2D eigenvalue weighted by Crippen LogP contribution is -2.16. The minimum Gasteiger partial charge on any atom is -0.344 e. The lowest BCUT2D eigenvalue weighted by Gasteiger charge is -2.28. The SMILES string of the molecule is CC1CCc2ccccc2N(C)c2cc3c(cc2CC1)c1ccccc1n3C. The highest BCUT2D eigenvalue weighted by molar-refractivity contribution is 6.09. The van der Waals surface area contributed by atoms with E-state index in [-0.39, 0.29) is 0 Å². The third-order valence-electron chi connectivity index (χ3n) is 6.64. The molecular formula is C26H28N2. The summed E-state index contributed by atoms with van der Waals surface area (Å²) in [4.78, 5) is 2.41. The molecular weight excluding hydrogens is 340 g/mol. The van der Waals surface area contributed by atoms with E-state index in [1.165, 1.54) is 57.1 Å². The lowest BCUT2D eigenvalue weighted by molar-refractivity contribution is 0.492. The Bertz CT molecular complexity index is 1170. The molecule has 1 unspecified atom stereocenters. The normalized spacial score (nSPS) is 17.5. The quantitative estimate of drug-likeness (QED) is 0.339. The number of nitrogens with zero attached hydrogens (tertiary/aromatic N) is 2. The van der Waals surface area contributed by atoms with E-state index in [9.17, 15) is 0 Å². The summed E-state index contributed by atoms with van der Waals surface area (Å²) in [6.07, 6.45) is 4.81. The Morgan fingerprint density at radius 3 is 2.29 bits per heavy atom. The van der Waals surface area contributed by atoms with Gasteiger partial charge in [-0.15, -0.1) is 0 Å². The van der Waals surface area contributed by atoms with Gasteiger partial charge >= 0.3 is 0 Å². The highest BCUT2D eigenvalue weighted by Crippen LogP contribution is 2.38. The van der Waals surface area contributed by atoms with Gasteiger partial charge in [0.2, 0.25) is 0 Å². The van der Waals surface area contributed by atoms with Crippen LogP contribution in [0.25, 0.3) is 21.8 Å². The first-order valence-electron chi connectivity index (χ1n) is 10.4. The van der Waals surface area contributed by atoms with Crippen molar-refractivity contribution in [3.05, 3.63) is 71.8 Å². The topological polar surface area (TPSA) is 8.17 Å². The second kappa shape index (κ2) is 6.70. The Kier molecular flexibility index (Phi) is 4.16. The Balaban J connectivity index is 1.78. The molecule has 1 aliphatic heterocycles. The standard InChI is InChI=1S/C26H28N2/c1-18-12-14-19-8-4-6-10-23(19)27(2)25-17-26-22(16-20(25)15-13-18)21-9-5-7-11-24(21)28(26)3/h4-11,16-18H,12-15H2,1-3H3. The minimum atomic E-state index is 0.743. The van der Waals surface area contributed by atoms with E-state index in [1.807, 2.05) is 0 Å². The molecule has 0 fully saturated rings. The van der Waals surface area contributed by atoms with Crippen molar-refractivity contribution in [1.29, 1.82) is 0 Å². The van der Waals surface area contributed by atoms with Crippen LogP contribution in [-0.4, -0.2) is 11.6 Å². The van der Waals surface area contributed by atoms with E-state index in [2.05, 4.69) is 91.1 Å². The average Bonchev–Trinajstić information content (AvgIpc) is 3.01. The number of benzene rings is 3. The van der Waals surface area contributed by atoms with Gasteiger partial charge in [-0.1, -0.05) is 43.3 Å². The predicted octanol–water partition coefficient (Wildman–Crippen LogP) is 6.61. The van der Waals surface area contributed by atoms with Crippen molar-refractivity contribution >= 4 is 33.2 Å². The molecule has 5 rings (SSSR count). The first-order valence-corrected chi connectivity index (χ1v) is 10.4. The van der Waals surface area contributed by atoms with Crippen molar-refractivity contribution in [2.75, 3.05) is 11.9 Å². The van der Waals surface area contributed by atoms with E-state index < -0.39 is 0 Å². The molecule has 142 valence electrons. The maximum absolute atomic E-state index is 2.46. The van der Waals surface area contributed by atoms with Crippen LogP contribution in [0.3, 0.4) is 0 Å². The Morgan fingerprint density at radius 1 is 0.714 bits per heavy atom. The molecule has 1 atom stereocenters. The minimum absolute atomic E-state index is 0.743. The van der Waals surface area contributed by atoms with E-state index in [1.54, 1.807) is 0 Å². The van der Waals surface area contributed by atoms with Gasteiger partial charge in [0.25, 0.3) is 0 Å². The first-order chi connectivity index (χ1) is 13.6. The molecule has 0 aliphatic carbocycles. The Hall–Kier alpha value is -2.74. The van der Waals surface area contributed by atoms with Crippen LogP contribution in [-0.2, 0) is 19.9 Å². The smallest absolute Gasteiger partial charge is 0.0509 e. The van der Waals surface area contributed by atoms with Gasteiger partial charge in [0.05, 0.1) is 5.52 Å². The summed E-state index contributed by atoms with van der Waals surface area (Å²) in [5.41, 5.74) is 8.24. The van der Waals surface area contributed by atoms with Crippen LogP contribution in [0.2, 0.25) is 0 Å². The molecule has 1 aromatic heterocycles. The summed E-state index contributed by atoms with van der Waals surface area (Å²) in [5.74, 6) is 0.743. The number of fused-ring (bicyclic) bond motifs is 5. The second-order valence-corrected chi connectivity index (χ2v) is 8.44. The molecule has 2 nitrogen and oxygen atoms in total. The molecule has 0 saturated carbocycles. The van der Waals surface area contributed by atoms with Gasteiger partial charge in [0.1, 0.15) is 0 Å². The fourth-order valence-corrected chi connectivity index (χ4v) is 4.88. The third-order valence-corrected chi connectivity index (χ3v) is 6.64. The largest absolute Gasteiger partial charge is 0.344 e. The van der Waals surface area contributed by atoms with Crippen LogP contribution in [0.5, 0.6) is 0 Å². The van der Waals surface area contributed by atoms with Crippen LogP contribution < -0.4 is 4.90 Å². The highest BCUT2D eigenvalue weighted by atomic mass is 15.1. The predicted molar refractivity (Wildman–Crippen MR) is 121 cm³/mol. The van der Waals surface area contributed by atoms with E-state index >= 15 is 0 Å². The van der Waals surface area contributed by atoms with Crippen molar-refractivity contribution in [3.8, 4) is 0 Å². The lowest BCUT2D eigenvalue weighted by atomic mass is 9.91. The highest BCUT2D eigenvalue weighted by Gasteiger charge is 2.19. The zero-order valence-electron chi connectivity index (χ0n) is 17.1. The Morgan fingerprint density at radius 2 is 1.43 bits per heavy atom.